The monoisotopic (exact) mass is 226 g/mol. The number of allylic oxidation sites excluding steroid dienone is 1. The van der Waals surface area contributed by atoms with Crippen molar-refractivity contribution in [1.29, 1.82) is 0 Å². The van der Waals surface area contributed by atoms with E-state index in [1.54, 1.807) is 0 Å². The van der Waals surface area contributed by atoms with Crippen molar-refractivity contribution in [3.8, 4) is 11.8 Å². The Morgan fingerprint density at radius 2 is 2.06 bits per heavy atom. The second-order valence-electron chi connectivity index (χ2n) is 4.39. The molecule has 1 heteroatoms. The lowest BCUT2D eigenvalue weighted by Crippen LogP contribution is -2.07. The van der Waals surface area contributed by atoms with E-state index >= 15 is 0 Å². The Morgan fingerprint density at radius 3 is 2.76 bits per heavy atom. The van der Waals surface area contributed by atoms with Gasteiger partial charge in [-0.1, -0.05) is 36.1 Å². The molecule has 1 aromatic rings. The molecule has 1 N–H and O–H groups in total. The van der Waals surface area contributed by atoms with Crippen molar-refractivity contribution >= 4 is 0 Å². The van der Waals surface area contributed by atoms with E-state index in [4.69, 9.17) is 0 Å². The zero-order valence-corrected chi connectivity index (χ0v) is 10.0. The van der Waals surface area contributed by atoms with Crippen LogP contribution in [0, 0.1) is 11.8 Å². The van der Waals surface area contributed by atoms with Gasteiger partial charge in [-0.15, -0.1) is 0 Å². The van der Waals surface area contributed by atoms with E-state index in [0.717, 1.165) is 31.2 Å². The van der Waals surface area contributed by atoms with Crippen LogP contribution in [0.5, 0.6) is 0 Å². The van der Waals surface area contributed by atoms with Gasteiger partial charge < -0.3 is 5.11 Å². The van der Waals surface area contributed by atoms with E-state index in [-0.39, 0.29) is 6.10 Å². The molecule has 1 nitrogen and oxygen atoms in total. The number of rotatable bonds is 3. The van der Waals surface area contributed by atoms with Gasteiger partial charge in [0, 0.05) is 12.0 Å². The molecular formula is C16H18O. The molecule has 0 amide bonds. The maximum absolute atomic E-state index is 9.91. The summed E-state index contributed by atoms with van der Waals surface area (Å²) in [6, 6.07) is 9.97. The summed E-state index contributed by atoms with van der Waals surface area (Å²) < 4.78 is 0. The van der Waals surface area contributed by atoms with Crippen LogP contribution in [0.25, 0.3) is 0 Å². The fourth-order valence-electron chi connectivity index (χ4n) is 2.08. The first kappa shape index (κ1) is 12.0. The minimum absolute atomic E-state index is 0.275. The molecule has 1 aliphatic carbocycles. The standard InChI is InChI=1S/C16H18O/c17-16(15-11-5-6-12-15)13-7-4-10-14-8-2-1-3-9-14/h1-3,8-9,11,16-17H,5-7,12-13H2/t16-/m1/s1. The van der Waals surface area contributed by atoms with Crippen LogP contribution in [0.4, 0.5) is 0 Å². The van der Waals surface area contributed by atoms with Gasteiger partial charge in [-0.05, 0) is 43.4 Å². The van der Waals surface area contributed by atoms with E-state index in [2.05, 4.69) is 17.9 Å². The molecule has 0 bridgehead atoms. The smallest absolute Gasteiger partial charge is 0.0759 e. The SMILES string of the molecule is O[C@H](CCC#Cc1ccccc1)C1=CCCC1. The topological polar surface area (TPSA) is 20.2 Å². The third kappa shape index (κ3) is 3.76. The molecule has 0 aliphatic heterocycles. The van der Waals surface area contributed by atoms with Gasteiger partial charge in [-0.3, -0.25) is 0 Å². The Hall–Kier alpha value is -1.52. The third-order valence-electron chi connectivity index (χ3n) is 3.05. The van der Waals surface area contributed by atoms with Crippen molar-refractivity contribution in [2.24, 2.45) is 0 Å². The molecule has 0 spiro atoms. The lowest BCUT2D eigenvalue weighted by atomic mass is 10.0. The highest BCUT2D eigenvalue weighted by Gasteiger charge is 2.12. The third-order valence-corrected chi connectivity index (χ3v) is 3.05. The van der Waals surface area contributed by atoms with Gasteiger partial charge in [0.1, 0.15) is 0 Å². The summed E-state index contributed by atoms with van der Waals surface area (Å²) in [5.41, 5.74) is 2.26. The van der Waals surface area contributed by atoms with E-state index in [1.165, 1.54) is 12.0 Å². The summed E-state index contributed by atoms with van der Waals surface area (Å²) in [5, 5.41) is 9.91. The van der Waals surface area contributed by atoms with Crippen molar-refractivity contribution in [3.05, 3.63) is 47.5 Å². The molecule has 0 radical (unpaired) electrons. The highest BCUT2D eigenvalue weighted by Crippen LogP contribution is 2.22. The van der Waals surface area contributed by atoms with Crippen LogP contribution in [-0.4, -0.2) is 11.2 Å². The first-order chi connectivity index (χ1) is 8.36. The van der Waals surface area contributed by atoms with Crippen LogP contribution >= 0.6 is 0 Å². The maximum Gasteiger partial charge on any atom is 0.0759 e. The Labute approximate surface area is 103 Å². The minimum atomic E-state index is -0.275. The van der Waals surface area contributed by atoms with E-state index < -0.39 is 0 Å². The Morgan fingerprint density at radius 1 is 1.24 bits per heavy atom. The minimum Gasteiger partial charge on any atom is -0.389 e. The molecule has 17 heavy (non-hydrogen) atoms. The summed E-state index contributed by atoms with van der Waals surface area (Å²) in [5.74, 6) is 6.23. The predicted molar refractivity (Wildman–Crippen MR) is 70.5 cm³/mol. The predicted octanol–water partition coefficient (Wildman–Crippen LogP) is 3.29. The molecule has 0 aromatic heterocycles. The summed E-state index contributed by atoms with van der Waals surface area (Å²) in [4.78, 5) is 0. The molecule has 0 fully saturated rings. The van der Waals surface area contributed by atoms with Crippen LogP contribution in [0.15, 0.2) is 42.0 Å². The van der Waals surface area contributed by atoms with Crippen LogP contribution in [0.2, 0.25) is 0 Å². The molecular weight excluding hydrogens is 208 g/mol. The van der Waals surface area contributed by atoms with Crippen molar-refractivity contribution < 1.29 is 5.11 Å². The zero-order chi connectivity index (χ0) is 11.9. The van der Waals surface area contributed by atoms with Gasteiger partial charge >= 0.3 is 0 Å². The summed E-state index contributed by atoms with van der Waals surface area (Å²) in [6.07, 6.45) is 6.80. The Balaban J connectivity index is 1.78. The van der Waals surface area contributed by atoms with Crippen molar-refractivity contribution in [2.75, 3.05) is 0 Å². The van der Waals surface area contributed by atoms with E-state index in [1.807, 2.05) is 30.3 Å². The van der Waals surface area contributed by atoms with Gasteiger partial charge in [-0.25, -0.2) is 0 Å². The molecule has 0 saturated heterocycles. The number of aliphatic hydroxyl groups excluding tert-OH is 1. The van der Waals surface area contributed by atoms with Crippen LogP contribution in [-0.2, 0) is 0 Å². The van der Waals surface area contributed by atoms with Crippen LogP contribution in [0.3, 0.4) is 0 Å². The van der Waals surface area contributed by atoms with Gasteiger partial charge in [0.2, 0.25) is 0 Å². The first-order valence-electron chi connectivity index (χ1n) is 6.27. The quantitative estimate of drug-likeness (QED) is 0.619. The molecule has 88 valence electrons. The number of benzene rings is 1. The second kappa shape index (κ2) is 6.27. The van der Waals surface area contributed by atoms with Gasteiger partial charge in [-0.2, -0.15) is 0 Å². The molecule has 1 aliphatic rings. The van der Waals surface area contributed by atoms with Crippen molar-refractivity contribution in [1.82, 2.24) is 0 Å². The van der Waals surface area contributed by atoms with Crippen molar-refractivity contribution in [2.45, 2.75) is 38.2 Å². The molecule has 1 aromatic carbocycles. The maximum atomic E-state index is 9.91. The molecule has 2 rings (SSSR count). The van der Waals surface area contributed by atoms with Crippen LogP contribution in [0.1, 0.15) is 37.7 Å². The molecule has 0 saturated carbocycles. The summed E-state index contributed by atoms with van der Waals surface area (Å²) in [6.45, 7) is 0. The lowest BCUT2D eigenvalue weighted by Gasteiger charge is -2.09. The second-order valence-corrected chi connectivity index (χ2v) is 4.39. The normalized spacial score (nSPS) is 15.9. The van der Waals surface area contributed by atoms with Crippen molar-refractivity contribution in [3.63, 3.8) is 0 Å². The van der Waals surface area contributed by atoms with Gasteiger partial charge in [0.05, 0.1) is 6.10 Å². The number of hydrogen-bond donors (Lipinski definition) is 1. The fourth-order valence-corrected chi connectivity index (χ4v) is 2.08. The number of aliphatic hydroxyl groups is 1. The average molecular weight is 226 g/mol. The molecule has 0 heterocycles. The Bertz CT molecular complexity index is 434. The highest BCUT2D eigenvalue weighted by molar-refractivity contribution is 5.33. The molecule has 0 unspecified atom stereocenters. The fraction of sp³-hybridized carbons (Fsp3) is 0.375. The summed E-state index contributed by atoms with van der Waals surface area (Å²) >= 11 is 0. The largest absolute Gasteiger partial charge is 0.389 e. The molecule has 1 atom stereocenters. The number of hydrogen-bond acceptors (Lipinski definition) is 1. The average Bonchev–Trinajstić information content (AvgIpc) is 2.89. The van der Waals surface area contributed by atoms with Gasteiger partial charge in [0.15, 0.2) is 0 Å². The lowest BCUT2D eigenvalue weighted by molar-refractivity contribution is 0.199. The van der Waals surface area contributed by atoms with E-state index in [9.17, 15) is 5.11 Å². The van der Waals surface area contributed by atoms with Crippen LogP contribution < -0.4 is 0 Å². The highest BCUT2D eigenvalue weighted by atomic mass is 16.3. The zero-order valence-electron chi connectivity index (χ0n) is 10.0. The Kier molecular flexibility index (Phi) is 4.41. The van der Waals surface area contributed by atoms with E-state index in [0.29, 0.717) is 0 Å². The summed E-state index contributed by atoms with van der Waals surface area (Å²) in [7, 11) is 0. The van der Waals surface area contributed by atoms with Gasteiger partial charge in [0.25, 0.3) is 0 Å². The first-order valence-corrected chi connectivity index (χ1v) is 6.27.